The zero-order valence-electron chi connectivity index (χ0n) is 19.2. The molecule has 1 aromatic heterocycles. The molecule has 1 aliphatic rings. The molecule has 33 heavy (non-hydrogen) atoms. The average Bonchev–Trinajstić information content (AvgIpc) is 3.58. The van der Waals surface area contributed by atoms with Crippen molar-refractivity contribution in [2.75, 3.05) is 11.9 Å². The fourth-order valence-electron chi connectivity index (χ4n) is 3.16. The Kier molecular flexibility index (Phi) is 7.31. The van der Waals surface area contributed by atoms with E-state index in [-0.39, 0.29) is 29.9 Å². The number of alkyl halides is 2. The van der Waals surface area contributed by atoms with Crippen LogP contribution in [-0.2, 0) is 0 Å². The van der Waals surface area contributed by atoms with Crippen LogP contribution in [0, 0.1) is 6.92 Å². The van der Waals surface area contributed by atoms with Crippen molar-refractivity contribution in [1.29, 1.82) is 0 Å². The van der Waals surface area contributed by atoms with Crippen LogP contribution in [-0.4, -0.2) is 52.6 Å². The molecule has 1 unspecified atom stereocenters. The van der Waals surface area contributed by atoms with Crippen LogP contribution in [0.5, 0.6) is 0 Å². The van der Waals surface area contributed by atoms with Gasteiger partial charge in [-0.05, 0) is 69.9 Å². The number of aliphatic hydroxyl groups is 1. The minimum absolute atomic E-state index is 0.0637. The third kappa shape index (κ3) is 6.25. The lowest BCUT2D eigenvalue weighted by Gasteiger charge is -2.26. The number of halogens is 2. The number of nitrogens with one attached hydrogen (secondary N) is 3. The van der Waals surface area contributed by atoms with Crippen LogP contribution in [0.3, 0.4) is 0 Å². The summed E-state index contributed by atoms with van der Waals surface area (Å²) in [6.07, 6.45) is 0.776. The van der Waals surface area contributed by atoms with Crippen molar-refractivity contribution >= 4 is 17.6 Å². The molecule has 2 aromatic rings. The quantitative estimate of drug-likeness (QED) is 0.459. The number of aryl methyl sites for hydroxylation is 1. The Morgan fingerprint density at radius 3 is 2.52 bits per heavy atom. The van der Waals surface area contributed by atoms with Crippen LogP contribution in [0.25, 0.3) is 11.1 Å². The van der Waals surface area contributed by atoms with E-state index in [2.05, 4.69) is 20.9 Å². The van der Waals surface area contributed by atoms with Crippen molar-refractivity contribution in [3.8, 4) is 11.1 Å². The second-order valence-corrected chi connectivity index (χ2v) is 9.16. The van der Waals surface area contributed by atoms with Gasteiger partial charge in [-0.15, -0.1) is 0 Å². The van der Waals surface area contributed by atoms with E-state index in [4.69, 9.17) is 0 Å². The standard InChI is InChI=1S/C24H30F2N4O3/c1-13-5-6-15(22(32)29-17-7-8-17)9-18(13)16-10-19(23(33)28-14(2)20(25)26)21(27-11-16)30-24(3,4)12-31/h5-6,9-11,14,17,20,31H,7-8,12H2,1-4H3,(H,27,30)(H,28,33)(H,29,32). The first kappa shape index (κ1) is 24.6. The minimum atomic E-state index is -2.72. The summed E-state index contributed by atoms with van der Waals surface area (Å²) in [6, 6.07) is 5.71. The summed E-state index contributed by atoms with van der Waals surface area (Å²) in [5.74, 6) is -0.718. The SMILES string of the molecule is Cc1ccc(C(=O)NC2CC2)cc1-c1cnc(NC(C)(C)CO)c(C(=O)NC(C)C(F)F)c1. The monoisotopic (exact) mass is 460 g/mol. The molecule has 1 saturated carbocycles. The minimum Gasteiger partial charge on any atom is -0.394 e. The van der Waals surface area contributed by atoms with E-state index in [0.29, 0.717) is 16.7 Å². The zero-order chi connectivity index (χ0) is 24.3. The first-order valence-electron chi connectivity index (χ1n) is 10.9. The maximum Gasteiger partial charge on any atom is 0.258 e. The molecule has 0 saturated heterocycles. The highest BCUT2D eigenvalue weighted by Crippen LogP contribution is 2.29. The van der Waals surface area contributed by atoms with Crippen molar-refractivity contribution in [2.45, 2.75) is 64.6 Å². The van der Waals surface area contributed by atoms with Crippen LogP contribution in [0.2, 0.25) is 0 Å². The predicted octanol–water partition coefficient (Wildman–Crippen LogP) is 3.52. The number of hydrogen-bond donors (Lipinski definition) is 4. The Morgan fingerprint density at radius 2 is 1.91 bits per heavy atom. The van der Waals surface area contributed by atoms with Gasteiger partial charge >= 0.3 is 0 Å². The Morgan fingerprint density at radius 1 is 1.21 bits per heavy atom. The summed E-state index contributed by atoms with van der Waals surface area (Å²) in [7, 11) is 0. The highest BCUT2D eigenvalue weighted by molar-refractivity contribution is 6.01. The van der Waals surface area contributed by atoms with Gasteiger partial charge in [-0.2, -0.15) is 0 Å². The molecule has 4 N–H and O–H groups in total. The van der Waals surface area contributed by atoms with E-state index in [9.17, 15) is 23.5 Å². The molecule has 0 spiro atoms. The largest absolute Gasteiger partial charge is 0.394 e. The summed E-state index contributed by atoms with van der Waals surface area (Å²) < 4.78 is 26.1. The first-order chi connectivity index (χ1) is 15.5. The van der Waals surface area contributed by atoms with Gasteiger partial charge in [0.05, 0.1) is 23.8 Å². The Labute approximate surface area is 192 Å². The number of anilines is 1. The molecule has 2 amide bonds. The van der Waals surface area contributed by atoms with Crippen molar-refractivity contribution < 1.29 is 23.5 Å². The molecular formula is C24H30F2N4O3. The van der Waals surface area contributed by atoms with Crippen molar-refractivity contribution in [3.05, 3.63) is 47.2 Å². The van der Waals surface area contributed by atoms with E-state index < -0.39 is 23.9 Å². The molecule has 0 bridgehead atoms. The number of hydrogen-bond acceptors (Lipinski definition) is 5. The van der Waals surface area contributed by atoms with Gasteiger partial charge < -0.3 is 21.1 Å². The number of aromatic nitrogens is 1. The third-order valence-electron chi connectivity index (χ3n) is 5.44. The van der Waals surface area contributed by atoms with Crippen LogP contribution < -0.4 is 16.0 Å². The fourth-order valence-corrected chi connectivity index (χ4v) is 3.16. The highest BCUT2D eigenvalue weighted by atomic mass is 19.3. The first-order valence-corrected chi connectivity index (χ1v) is 10.9. The lowest BCUT2D eigenvalue weighted by molar-refractivity contribution is 0.0780. The van der Waals surface area contributed by atoms with Gasteiger partial charge in [0.2, 0.25) is 0 Å². The Balaban J connectivity index is 2.00. The Hall–Kier alpha value is -3.07. The number of aliphatic hydroxyl groups excluding tert-OH is 1. The molecule has 1 atom stereocenters. The Bertz CT molecular complexity index is 1040. The van der Waals surface area contributed by atoms with Crippen molar-refractivity contribution in [3.63, 3.8) is 0 Å². The van der Waals surface area contributed by atoms with E-state index in [1.54, 1.807) is 38.2 Å². The number of pyridine rings is 1. The van der Waals surface area contributed by atoms with E-state index >= 15 is 0 Å². The lowest BCUT2D eigenvalue weighted by Crippen LogP contribution is -2.40. The lowest BCUT2D eigenvalue weighted by atomic mass is 9.97. The molecule has 7 nitrogen and oxygen atoms in total. The highest BCUT2D eigenvalue weighted by Gasteiger charge is 2.26. The van der Waals surface area contributed by atoms with E-state index in [0.717, 1.165) is 18.4 Å². The number of carbonyl (C=O) groups is 2. The summed E-state index contributed by atoms with van der Waals surface area (Å²) in [6.45, 7) is 6.30. The van der Waals surface area contributed by atoms with Gasteiger partial charge in [0, 0.05) is 23.4 Å². The smallest absolute Gasteiger partial charge is 0.258 e. The van der Waals surface area contributed by atoms with Crippen molar-refractivity contribution in [2.24, 2.45) is 0 Å². The number of nitrogens with zero attached hydrogens (tertiary/aromatic N) is 1. The van der Waals surface area contributed by atoms with Gasteiger partial charge in [-0.3, -0.25) is 9.59 Å². The molecule has 178 valence electrons. The van der Waals surface area contributed by atoms with Crippen LogP contribution in [0.1, 0.15) is 59.9 Å². The zero-order valence-corrected chi connectivity index (χ0v) is 19.2. The topological polar surface area (TPSA) is 103 Å². The van der Waals surface area contributed by atoms with Crippen LogP contribution in [0.4, 0.5) is 14.6 Å². The van der Waals surface area contributed by atoms with Crippen LogP contribution in [0.15, 0.2) is 30.5 Å². The maximum absolute atomic E-state index is 13.0. The van der Waals surface area contributed by atoms with Gasteiger partial charge in [0.1, 0.15) is 5.82 Å². The maximum atomic E-state index is 13.0. The van der Waals surface area contributed by atoms with Gasteiger partial charge in [-0.25, -0.2) is 13.8 Å². The normalized spacial score (nSPS) is 14.7. The van der Waals surface area contributed by atoms with Gasteiger partial charge in [0.15, 0.2) is 0 Å². The fraction of sp³-hybridized carbons (Fsp3) is 0.458. The van der Waals surface area contributed by atoms with Crippen molar-refractivity contribution in [1.82, 2.24) is 15.6 Å². The molecule has 1 heterocycles. The summed E-state index contributed by atoms with van der Waals surface area (Å²) in [5.41, 5.74) is 1.89. The third-order valence-corrected chi connectivity index (χ3v) is 5.44. The second-order valence-electron chi connectivity index (χ2n) is 9.16. The molecular weight excluding hydrogens is 430 g/mol. The number of benzene rings is 1. The predicted molar refractivity (Wildman–Crippen MR) is 123 cm³/mol. The second kappa shape index (κ2) is 9.82. The van der Waals surface area contributed by atoms with Gasteiger partial charge in [0.25, 0.3) is 18.2 Å². The molecule has 3 rings (SSSR count). The number of amides is 2. The summed E-state index contributed by atoms with van der Waals surface area (Å²) >= 11 is 0. The van der Waals surface area contributed by atoms with Gasteiger partial charge in [-0.1, -0.05) is 6.07 Å². The number of carbonyl (C=O) groups excluding carboxylic acids is 2. The average molecular weight is 461 g/mol. The van der Waals surface area contributed by atoms with E-state index in [1.165, 1.54) is 6.92 Å². The summed E-state index contributed by atoms with van der Waals surface area (Å²) in [4.78, 5) is 29.7. The molecule has 0 radical (unpaired) electrons. The van der Waals surface area contributed by atoms with Crippen LogP contribution >= 0.6 is 0 Å². The molecule has 0 aliphatic heterocycles. The number of rotatable bonds is 9. The summed E-state index contributed by atoms with van der Waals surface area (Å²) in [5, 5.41) is 17.8. The molecule has 1 fully saturated rings. The van der Waals surface area contributed by atoms with E-state index in [1.807, 2.05) is 13.0 Å². The molecule has 1 aromatic carbocycles. The molecule has 1 aliphatic carbocycles. The molecule has 9 heteroatoms.